The molecule has 0 unspecified atom stereocenters. The van der Waals surface area contributed by atoms with Gasteiger partial charge >= 0.3 is 0 Å². The number of thiazole rings is 1. The van der Waals surface area contributed by atoms with Gasteiger partial charge in [-0.1, -0.05) is 42.5 Å². The monoisotopic (exact) mass is 401 g/mol. The molecule has 2 heterocycles. The number of benzene rings is 2. The lowest BCUT2D eigenvalue weighted by atomic mass is 10.2. The van der Waals surface area contributed by atoms with Crippen LogP contribution in [0.1, 0.15) is 10.5 Å². The molecule has 0 bridgehead atoms. The van der Waals surface area contributed by atoms with Gasteiger partial charge in [0.2, 0.25) is 0 Å². The van der Waals surface area contributed by atoms with Crippen molar-refractivity contribution in [2.75, 3.05) is 18.6 Å². The van der Waals surface area contributed by atoms with E-state index in [0.717, 1.165) is 27.9 Å². The molecule has 0 atom stereocenters. The Hall–Kier alpha value is -3.51. The zero-order valence-corrected chi connectivity index (χ0v) is 16.7. The lowest BCUT2D eigenvalue weighted by Gasteiger charge is -2.17. The van der Waals surface area contributed by atoms with Crippen LogP contribution in [0.25, 0.3) is 22.2 Å². The van der Waals surface area contributed by atoms with Crippen LogP contribution in [0.4, 0.5) is 5.13 Å². The molecular weight excluding hydrogens is 382 g/mol. The Bertz CT molecular complexity index is 1170. The van der Waals surface area contributed by atoms with Crippen molar-refractivity contribution in [2.45, 2.75) is 0 Å². The summed E-state index contributed by atoms with van der Waals surface area (Å²) in [7, 11) is 1.62. The van der Waals surface area contributed by atoms with Gasteiger partial charge in [0.25, 0.3) is 5.91 Å². The Morgan fingerprint density at radius 3 is 2.72 bits per heavy atom. The first kappa shape index (κ1) is 18.8. The number of carbonyl (C=O) groups excluding carboxylic acids is 1. The largest absolute Gasteiger partial charge is 0.497 e. The van der Waals surface area contributed by atoms with E-state index < -0.39 is 0 Å². The molecule has 0 aliphatic heterocycles. The van der Waals surface area contributed by atoms with Gasteiger partial charge in [-0.05, 0) is 24.3 Å². The number of methoxy groups -OCH3 is 1. The van der Waals surface area contributed by atoms with Crippen molar-refractivity contribution < 1.29 is 9.53 Å². The van der Waals surface area contributed by atoms with Crippen LogP contribution in [0.5, 0.6) is 5.75 Å². The predicted octanol–water partition coefficient (Wildman–Crippen LogP) is 5.20. The first-order chi connectivity index (χ1) is 14.2. The molecule has 0 aliphatic rings. The van der Waals surface area contributed by atoms with E-state index in [-0.39, 0.29) is 5.91 Å². The third kappa shape index (κ3) is 3.88. The highest BCUT2D eigenvalue weighted by Gasteiger charge is 2.21. The van der Waals surface area contributed by atoms with Gasteiger partial charge in [-0.25, -0.2) is 9.97 Å². The first-order valence-electron chi connectivity index (χ1n) is 9.08. The Morgan fingerprint density at radius 1 is 1.14 bits per heavy atom. The molecule has 0 fully saturated rings. The minimum absolute atomic E-state index is 0.212. The molecule has 2 aromatic heterocycles. The van der Waals surface area contributed by atoms with Crippen LogP contribution in [-0.2, 0) is 0 Å². The van der Waals surface area contributed by atoms with Gasteiger partial charge in [-0.15, -0.1) is 17.9 Å². The fourth-order valence-corrected chi connectivity index (χ4v) is 3.84. The average molecular weight is 401 g/mol. The molecule has 4 rings (SSSR count). The lowest BCUT2D eigenvalue weighted by molar-refractivity contribution is 0.0985. The van der Waals surface area contributed by atoms with Crippen molar-refractivity contribution in [3.05, 3.63) is 84.4 Å². The maximum absolute atomic E-state index is 13.2. The molecule has 5 nitrogen and oxygen atoms in total. The summed E-state index contributed by atoms with van der Waals surface area (Å²) in [4.78, 5) is 24.0. The SMILES string of the molecule is C=CCN(C(=O)c1ccc2cc(OC)ccc2n1)c1nc(-c2ccccc2)cs1. The van der Waals surface area contributed by atoms with Crippen molar-refractivity contribution in [3.63, 3.8) is 0 Å². The van der Waals surface area contributed by atoms with Gasteiger partial charge in [-0.3, -0.25) is 9.69 Å². The number of ether oxygens (including phenoxy) is 1. The van der Waals surface area contributed by atoms with E-state index in [2.05, 4.69) is 16.5 Å². The molecule has 144 valence electrons. The zero-order chi connectivity index (χ0) is 20.2. The summed E-state index contributed by atoms with van der Waals surface area (Å²) in [5, 5.41) is 3.48. The maximum atomic E-state index is 13.2. The second-order valence-corrected chi connectivity index (χ2v) is 7.18. The summed E-state index contributed by atoms with van der Waals surface area (Å²) in [5.41, 5.74) is 2.95. The van der Waals surface area contributed by atoms with Gasteiger partial charge in [0.15, 0.2) is 5.13 Å². The third-order valence-electron chi connectivity index (χ3n) is 4.46. The summed E-state index contributed by atoms with van der Waals surface area (Å²) < 4.78 is 5.25. The minimum atomic E-state index is -0.212. The van der Waals surface area contributed by atoms with E-state index in [1.807, 2.05) is 60.0 Å². The Morgan fingerprint density at radius 2 is 1.97 bits per heavy atom. The Balaban J connectivity index is 1.66. The van der Waals surface area contributed by atoms with Crippen molar-refractivity contribution in [2.24, 2.45) is 0 Å². The molecule has 29 heavy (non-hydrogen) atoms. The van der Waals surface area contributed by atoms with E-state index in [4.69, 9.17) is 4.74 Å². The summed E-state index contributed by atoms with van der Waals surface area (Å²) in [6, 6.07) is 19.1. The predicted molar refractivity (Wildman–Crippen MR) is 118 cm³/mol. The molecular formula is C23H19N3O2S. The number of pyridine rings is 1. The van der Waals surface area contributed by atoms with Gasteiger partial charge in [-0.2, -0.15) is 0 Å². The van der Waals surface area contributed by atoms with E-state index in [0.29, 0.717) is 17.4 Å². The van der Waals surface area contributed by atoms with Crippen LogP contribution < -0.4 is 9.64 Å². The van der Waals surface area contributed by atoms with Crippen molar-refractivity contribution in [1.29, 1.82) is 0 Å². The third-order valence-corrected chi connectivity index (χ3v) is 5.33. The van der Waals surface area contributed by atoms with E-state index in [9.17, 15) is 4.79 Å². The fourth-order valence-electron chi connectivity index (χ4n) is 2.99. The van der Waals surface area contributed by atoms with Crippen molar-refractivity contribution >= 4 is 33.3 Å². The fraction of sp³-hybridized carbons (Fsp3) is 0.0870. The first-order valence-corrected chi connectivity index (χ1v) is 9.96. The van der Waals surface area contributed by atoms with Crippen LogP contribution in [0.3, 0.4) is 0 Å². The topological polar surface area (TPSA) is 55.3 Å². The normalized spacial score (nSPS) is 10.7. The maximum Gasteiger partial charge on any atom is 0.278 e. The highest BCUT2D eigenvalue weighted by atomic mass is 32.1. The minimum Gasteiger partial charge on any atom is -0.497 e. The van der Waals surface area contributed by atoms with Crippen molar-refractivity contribution in [3.8, 4) is 17.0 Å². The summed E-state index contributed by atoms with van der Waals surface area (Å²) >= 11 is 1.43. The molecule has 0 spiro atoms. The van der Waals surface area contributed by atoms with Crippen LogP contribution in [0.15, 0.2) is 78.7 Å². The molecule has 6 heteroatoms. The van der Waals surface area contributed by atoms with Crippen LogP contribution in [0.2, 0.25) is 0 Å². The second kappa shape index (κ2) is 8.24. The van der Waals surface area contributed by atoms with E-state index >= 15 is 0 Å². The Kier molecular flexibility index (Phi) is 5.35. The summed E-state index contributed by atoms with van der Waals surface area (Å²) in [6.45, 7) is 4.13. The molecule has 1 amide bonds. The van der Waals surface area contributed by atoms with Gasteiger partial charge in [0, 0.05) is 22.9 Å². The number of anilines is 1. The molecule has 0 aliphatic carbocycles. The standard InChI is InChI=1S/C23H19N3O2S/c1-3-13-26(23-25-21(15-29-23)16-7-5-4-6-8-16)22(27)20-11-9-17-14-18(28-2)10-12-19(17)24-20/h3-12,14-15H,1,13H2,2H3. The average Bonchev–Trinajstić information content (AvgIpc) is 3.27. The number of nitrogens with zero attached hydrogens (tertiary/aromatic N) is 3. The Labute approximate surface area is 172 Å². The summed E-state index contributed by atoms with van der Waals surface area (Å²) in [5.74, 6) is 0.541. The number of aromatic nitrogens is 2. The second-order valence-electron chi connectivity index (χ2n) is 6.34. The highest BCUT2D eigenvalue weighted by molar-refractivity contribution is 7.14. The molecule has 0 saturated carbocycles. The van der Waals surface area contributed by atoms with Gasteiger partial charge < -0.3 is 4.74 Å². The molecule has 4 aromatic rings. The number of hydrogen-bond acceptors (Lipinski definition) is 5. The van der Waals surface area contributed by atoms with Crippen molar-refractivity contribution in [1.82, 2.24) is 9.97 Å². The van der Waals surface area contributed by atoms with E-state index in [1.54, 1.807) is 24.2 Å². The molecule has 0 N–H and O–H groups in total. The quantitative estimate of drug-likeness (QED) is 0.417. The molecule has 2 aromatic carbocycles. The number of rotatable bonds is 6. The number of amides is 1. The number of carbonyl (C=O) groups is 1. The molecule has 0 radical (unpaired) electrons. The lowest BCUT2D eigenvalue weighted by Crippen LogP contribution is -2.31. The van der Waals surface area contributed by atoms with Gasteiger partial charge in [0.1, 0.15) is 11.4 Å². The van der Waals surface area contributed by atoms with Crippen LogP contribution in [0, 0.1) is 0 Å². The number of hydrogen-bond donors (Lipinski definition) is 0. The van der Waals surface area contributed by atoms with Crippen LogP contribution >= 0.6 is 11.3 Å². The van der Waals surface area contributed by atoms with Gasteiger partial charge in [0.05, 0.1) is 18.3 Å². The van der Waals surface area contributed by atoms with Crippen LogP contribution in [-0.4, -0.2) is 29.5 Å². The zero-order valence-electron chi connectivity index (χ0n) is 15.9. The van der Waals surface area contributed by atoms with E-state index in [1.165, 1.54) is 11.3 Å². The highest BCUT2D eigenvalue weighted by Crippen LogP contribution is 2.28. The molecule has 0 saturated heterocycles. The summed E-state index contributed by atoms with van der Waals surface area (Å²) in [6.07, 6.45) is 1.69. The smallest absolute Gasteiger partial charge is 0.278 e. The number of fused-ring (bicyclic) bond motifs is 1.